The van der Waals surface area contributed by atoms with E-state index in [1.54, 1.807) is 42.6 Å². The SMILES string of the molecule is CCN(CC)CC#Cc1cc2nccc(Oc3ccc(N[S@+]([O-])c4ccccc4)cc3F)c2s1. The zero-order valence-electron chi connectivity index (χ0n) is 18.9. The lowest BCUT2D eigenvalue weighted by molar-refractivity contribution is 0.342. The van der Waals surface area contributed by atoms with Gasteiger partial charge in [-0.05, 0) is 43.4 Å². The third-order valence-corrected chi connectivity index (χ3v) is 7.28. The Balaban J connectivity index is 1.50. The summed E-state index contributed by atoms with van der Waals surface area (Å²) in [7, 11) is 0. The van der Waals surface area contributed by atoms with Gasteiger partial charge in [-0.1, -0.05) is 43.9 Å². The lowest BCUT2D eigenvalue weighted by Crippen LogP contribution is -2.22. The van der Waals surface area contributed by atoms with Crippen LogP contribution in [-0.2, 0) is 11.4 Å². The molecule has 4 aromatic rings. The van der Waals surface area contributed by atoms with Crippen molar-refractivity contribution < 1.29 is 13.7 Å². The van der Waals surface area contributed by atoms with E-state index in [0.717, 1.165) is 28.2 Å². The van der Waals surface area contributed by atoms with Crippen LogP contribution in [0.5, 0.6) is 11.5 Å². The number of hydrogen-bond acceptors (Lipinski definition) is 6. The second-order valence-electron chi connectivity index (χ2n) is 7.33. The maximum atomic E-state index is 14.8. The van der Waals surface area contributed by atoms with Crippen LogP contribution in [0.2, 0.25) is 0 Å². The molecular weight excluding hydrogens is 469 g/mol. The number of rotatable bonds is 8. The average molecular weight is 494 g/mol. The highest BCUT2D eigenvalue weighted by molar-refractivity contribution is 7.92. The van der Waals surface area contributed by atoms with E-state index in [1.165, 1.54) is 23.5 Å². The van der Waals surface area contributed by atoms with Crippen LogP contribution < -0.4 is 9.46 Å². The number of anilines is 1. The maximum Gasteiger partial charge on any atom is 0.179 e. The molecule has 1 atom stereocenters. The topological polar surface area (TPSA) is 60.5 Å². The van der Waals surface area contributed by atoms with Gasteiger partial charge in [0.25, 0.3) is 0 Å². The van der Waals surface area contributed by atoms with Crippen molar-refractivity contribution in [3.05, 3.63) is 77.6 Å². The number of nitrogens with one attached hydrogen (secondary N) is 1. The molecule has 8 heteroatoms. The van der Waals surface area contributed by atoms with Gasteiger partial charge in [0.2, 0.25) is 0 Å². The molecule has 0 aliphatic carbocycles. The number of pyridine rings is 1. The molecule has 2 aromatic heterocycles. The molecule has 5 nitrogen and oxygen atoms in total. The van der Waals surface area contributed by atoms with Gasteiger partial charge >= 0.3 is 0 Å². The number of ether oxygens (including phenoxy) is 1. The summed E-state index contributed by atoms with van der Waals surface area (Å²) in [5.74, 6) is 6.43. The van der Waals surface area contributed by atoms with E-state index in [1.807, 2.05) is 12.1 Å². The molecule has 2 heterocycles. The summed E-state index contributed by atoms with van der Waals surface area (Å²) in [6.07, 6.45) is 1.63. The molecule has 0 amide bonds. The molecule has 0 fully saturated rings. The third-order valence-electron chi connectivity index (χ3n) is 5.10. The smallest absolute Gasteiger partial charge is 0.179 e. The first-order valence-corrected chi connectivity index (χ1v) is 12.8. The number of fused-ring (bicyclic) bond motifs is 1. The predicted molar refractivity (Wildman–Crippen MR) is 137 cm³/mol. The molecule has 0 radical (unpaired) electrons. The van der Waals surface area contributed by atoms with Gasteiger partial charge in [0, 0.05) is 18.3 Å². The van der Waals surface area contributed by atoms with Crippen molar-refractivity contribution in [2.45, 2.75) is 18.7 Å². The summed E-state index contributed by atoms with van der Waals surface area (Å²) in [4.78, 5) is 8.12. The van der Waals surface area contributed by atoms with Gasteiger partial charge in [0.05, 0.1) is 27.3 Å². The van der Waals surface area contributed by atoms with E-state index >= 15 is 0 Å². The average Bonchev–Trinajstić information content (AvgIpc) is 3.28. The normalized spacial score (nSPS) is 11.8. The van der Waals surface area contributed by atoms with Crippen molar-refractivity contribution in [3.63, 3.8) is 0 Å². The van der Waals surface area contributed by atoms with Gasteiger partial charge in [0.1, 0.15) is 17.1 Å². The van der Waals surface area contributed by atoms with Gasteiger partial charge in [-0.2, -0.15) is 0 Å². The minimum atomic E-state index is -1.49. The summed E-state index contributed by atoms with van der Waals surface area (Å²) in [6.45, 7) is 6.85. The number of hydrogen-bond donors (Lipinski definition) is 1. The molecule has 1 N–H and O–H groups in total. The first-order chi connectivity index (χ1) is 16.6. The summed E-state index contributed by atoms with van der Waals surface area (Å²) in [5.41, 5.74) is 1.15. The van der Waals surface area contributed by atoms with Crippen molar-refractivity contribution in [2.24, 2.45) is 0 Å². The van der Waals surface area contributed by atoms with Crippen molar-refractivity contribution in [1.82, 2.24) is 9.88 Å². The molecule has 0 aliphatic rings. The van der Waals surface area contributed by atoms with Crippen LogP contribution in [0, 0.1) is 17.7 Å². The van der Waals surface area contributed by atoms with Gasteiger partial charge in [-0.15, -0.1) is 11.3 Å². The summed E-state index contributed by atoms with van der Waals surface area (Å²) < 4.78 is 36.7. The van der Waals surface area contributed by atoms with Crippen LogP contribution in [0.4, 0.5) is 10.1 Å². The second kappa shape index (κ2) is 11.4. The molecule has 34 heavy (non-hydrogen) atoms. The molecular formula is C26H24FN3O2S2. The van der Waals surface area contributed by atoms with Crippen molar-refractivity contribution >= 4 is 38.6 Å². The molecule has 0 aliphatic heterocycles. The fraction of sp³-hybridized carbons (Fsp3) is 0.192. The Kier molecular flexibility index (Phi) is 8.03. The van der Waals surface area contributed by atoms with E-state index in [4.69, 9.17) is 4.74 Å². The van der Waals surface area contributed by atoms with Crippen LogP contribution in [0.1, 0.15) is 18.7 Å². The first-order valence-electron chi connectivity index (χ1n) is 10.9. The summed E-state index contributed by atoms with van der Waals surface area (Å²) >= 11 is -0.0202. The lowest BCUT2D eigenvalue weighted by atomic mass is 10.3. The van der Waals surface area contributed by atoms with Crippen molar-refractivity contribution in [2.75, 3.05) is 24.4 Å². The minimum Gasteiger partial charge on any atom is -0.588 e. The molecule has 0 saturated carbocycles. The highest BCUT2D eigenvalue weighted by atomic mass is 32.2. The first kappa shape index (κ1) is 24.0. The number of aromatic nitrogens is 1. The Morgan fingerprint density at radius 2 is 1.88 bits per heavy atom. The zero-order chi connectivity index (χ0) is 23.9. The van der Waals surface area contributed by atoms with Crippen LogP contribution >= 0.6 is 11.3 Å². The highest BCUT2D eigenvalue weighted by Gasteiger charge is 2.15. The molecule has 0 spiro atoms. The molecule has 2 aromatic carbocycles. The number of benzene rings is 2. The van der Waals surface area contributed by atoms with Crippen molar-refractivity contribution in [3.8, 4) is 23.3 Å². The second-order valence-corrected chi connectivity index (χ2v) is 9.59. The van der Waals surface area contributed by atoms with Crippen molar-refractivity contribution in [1.29, 1.82) is 0 Å². The highest BCUT2D eigenvalue weighted by Crippen LogP contribution is 2.36. The maximum absolute atomic E-state index is 14.8. The summed E-state index contributed by atoms with van der Waals surface area (Å²) in [5, 5.41) is 0. The largest absolute Gasteiger partial charge is 0.588 e. The third kappa shape index (κ3) is 5.88. The fourth-order valence-corrected chi connectivity index (χ4v) is 5.02. The Morgan fingerprint density at radius 3 is 2.62 bits per heavy atom. The molecule has 4 rings (SSSR count). The lowest BCUT2D eigenvalue weighted by Gasteiger charge is -2.13. The molecule has 0 unspecified atom stereocenters. The van der Waals surface area contributed by atoms with E-state index in [0.29, 0.717) is 22.9 Å². The van der Waals surface area contributed by atoms with E-state index in [9.17, 15) is 8.94 Å². The molecule has 0 saturated heterocycles. The number of halogens is 1. The fourth-order valence-electron chi connectivity index (χ4n) is 3.22. The minimum absolute atomic E-state index is 0.0751. The predicted octanol–water partition coefficient (Wildman–Crippen LogP) is 6.06. The Hall–Kier alpha value is -3.09. The zero-order valence-corrected chi connectivity index (χ0v) is 20.5. The van der Waals surface area contributed by atoms with Crippen LogP contribution in [-0.4, -0.2) is 34.1 Å². The van der Waals surface area contributed by atoms with Gasteiger partial charge in [-0.3, -0.25) is 9.88 Å². The molecule has 174 valence electrons. The summed E-state index contributed by atoms with van der Waals surface area (Å²) in [6, 6.07) is 17.0. The van der Waals surface area contributed by atoms with Crippen LogP contribution in [0.3, 0.4) is 0 Å². The van der Waals surface area contributed by atoms with Crippen LogP contribution in [0.15, 0.2) is 71.8 Å². The van der Waals surface area contributed by atoms with E-state index in [2.05, 4.69) is 40.3 Å². The Labute approximate surface area is 205 Å². The quantitative estimate of drug-likeness (QED) is 0.239. The monoisotopic (exact) mass is 493 g/mol. The molecule has 0 bridgehead atoms. The van der Waals surface area contributed by atoms with Gasteiger partial charge < -0.3 is 9.29 Å². The Morgan fingerprint density at radius 1 is 1.09 bits per heavy atom. The van der Waals surface area contributed by atoms with Gasteiger partial charge in [0.15, 0.2) is 16.5 Å². The van der Waals surface area contributed by atoms with E-state index < -0.39 is 17.2 Å². The Bertz CT molecular complexity index is 1310. The number of nitrogens with zero attached hydrogens (tertiary/aromatic N) is 2. The standard InChI is InChI=1S/C26H24FN3O2S2/c1-3-30(4-2)16-8-9-20-18-23-26(33-20)25(14-15-28-23)32-24-13-12-19(17-22(24)27)29-34(31)21-10-6-5-7-11-21/h5-7,10-15,17-18,29H,3-4,16H2,1-2H3/t34-/m1/s1. The van der Waals surface area contributed by atoms with Crippen LogP contribution in [0.25, 0.3) is 10.2 Å². The van der Waals surface area contributed by atoms with Gasteiger partial charge in [-0.25, -0.2) is 9.11 Å². The van der Waals surface area contributed by atoms with E-state index in [-0.39, 0.29) is 5.75 Å². The number of thiophene rings is 1.